The minimum atomic E-state index is -0.479. The van der Waals surface area contributed by atoms with Crippen molar-refractivity contribution in [1.82, 2.24) is 15.3 Å². The molecule has 1 fully saturated rings. The van der Waals surface area contributed by atoms with E-state index >= 15 is 0 Å². The number of likely N-dealkylation sites (N-methyl/N-ethyl adjacent to an activating group) is 1. The maximum absolute atomic E-state index is 13.4. The number of rotatable bonds is 8. The third kappa shape index (κ3) is 6.79. The summed E-state index contributed by atoms with van der Waals surface area (Å²) in [5, 5.41) is 6.40. The van der Waals surface area contributed by atoms with Gasteiger partial charge >= 0.3 is 6.09 Å². The number of hydrogen-bond acceptors (Lipinski definition) is 5. The van der Waals surface area contributed by atoms with Crippen LogP contribution in [0.5, 0.6) is 0 Å². The van der Waals surface area contributed by atoms with Gasteiger partial charge in [-0.25, -0.2) is 14.8 Å². The predicted octanol–water partition coefficient (Wildman–Crippen LogP) is 3.71. The standard InChI is InChI=1S/C24H31N3O3.ClH/c1-26(27(2)23(29)30-18-21-12-7-4-8-13-21)17-22(28)24(14-9-15-25-19-24)16-20-10-5-3-6-11-20;/h3-8,10-13,25H,9,14-19H2,1-2H3;1H/t24-;/m1./s1. The van der Waals surface area contributed by atoms with Gasteiger partial charge in [-0.3, -0.25) is 4.79 Å². The van der Waals surface area contributed by atoms with Crippen molar-refractivity contribution >= 4 is 24.3 Å². The first-order chi connectivity index (χ1) is 14.5. The quantitative estimate of drug-likeness (QED) is 0.627. The van der Waals surface area contributed by atoms with Gasteiger partial charge in [-0.1, -0.05) is 60.7 Å². The van der Waals surface area contributed by atoms with E-state index in [0.717, 1.165) is 30.5 Å². The van der Waals surface area contributed by atoms with Crippen LogP contribution in [0.1, 0.15) is 24.0 Å². The fraction of sp³-hybridized carbons (Fsp3) is 0.417. The number of carbonyl (C=O) groups is 2. The van der Waals surface area contributed by atoms with E-state index in [0.29, 0.717) is 13.0 Å². The highest BCUT2D eigenvalue weighted by molar-refractivity contribution is 5.87. The lowest BCUT2D eigenvalue weighted by molar-refractivity contribution is -0.133. The SMILES string of the molecule is CN(CC(=O)[C@@]1(Cc2ccccc2)CCCNC1)N(C)C(=O)OCc1ccccc1.Cl. The van der Waals surface area contributed by atoms with Crippen LogP contribution in [0.4, 0.5) is 4.79 Å². The largest absolute Gasteiger partial charge is 0.444 e. The van der Waals surface area contributed by atoms with Crippen LogP contribution in [0.3, 0.4) is 0 Å². The number of ketones is 1. The number of nitrogens with one attached hydrogen (secondary N) is 1. The first-order valence-corrected chi connectivity index (χ1v) is 10.4. The van der Waals surface area contributed by atoms with E-state index in [1.54, 1.807) is 19.1 Å². The zero-order chi connectivity index (χ0) is 21.4. The minimum absolute atomic E-state index is 0. The van der Waals surface area contributed by atoms with Crippen LogP contribution < -0.4 is 5.32 Å². The third-order valence-corrected chi connectivity index (χ3v) is 5.80. The molecule has 1 saturated heterocycles. The third-order valence-electron chi connectivity index (χ3n) is 5.80. The normalized spacial score (nSPS) is 18.2. The van der Waals surface area contributed by atoms with Gasteiger partial charge in [-0.15, -0.1) is 12.4 Å². The molecule has 1 amide bonds. The van der Waals surface area contributed by atoms with Crippen molar-refractivity contribution in [3.63, 3.8) is 0 Å². The molecule has 1 heterocycles. The molecule has 1 N–H and O–H groups in total. The van der Waals surface area contributed by atoms with Gasteiger partial charge in [0.1, 0.15) is 6.61 Å². The van der Waals surface area contributed by atoms with E-state index in [-0.39, 0.29) is 31.3 Å². The molecule has 0 spiro atoms. The second kappa shape index (κ2) is 11.8. The zero-order valence-electron chi connectivity index (χ0n) is 18.3. The smallest absolute Gasteiger partial charge is 0.424 e. The van der Waals surface area contributed by atoms with Gasteiger partial charge in [-0.2, -0.15) is 0 Å². The molecule has 31 heavy (non-hydrogen) atoms. The van der Waals surface area contributed by atoms with E-state index < -0.39 is 11.5 Å². The summed E-state index contributed by atoms with van der Waals surface area (Å²) in [4.78, 5) is 25.8. The molecule has 1 aliphatic heterocycles. The molecule has 0 bridgehead atoms. The number of carbonyl (C=O) groups excluding carboxylic acids is 2. The number of benzene rings is 2. The lowest BCUT2D eigenvalue weighted by Gasteiger charge is -2.38. The molecule has 0 aromatic heterocycles. The second-order valence-electron chi connectivity index (χ2n) is 8.03. The Labute approximate surface area is 190 Å². The van der Waals surface area contributed by atoms with Crippen molar-refractivity contribution in [2.45, 2.75) is 25.9 Å². The van der Waals surface area contributed by atoms with Crippen molar-refractivity contribution in [1.29, 1.82) is 0 Å². The number of ether oxygens (including phenoxy) is 1. The number of hydrogen-bond donors (Lipinski definition) is 1. The van der Waals surface area contributed by atoms with Crippen LogP contribution in [0.25, 0.3) is 0 Å². The van der Waals surface area contributed by atoms with Gasteiger partial charge in [0.25, 0.3) is 0 Å². The van der Waals surface area contributed by atoms with Crippen LogP contribution in [0, 0.1) is 5.41 Å². The predicted molar refractivity (Wildman–Crippen MR) is 124 cm³/mol. The van der Waals surface area contributed by atoms with Gasteiger partial charge in [0.15, 0.2) is 5.78 Å². The summed E-state index contributed by atoms with van der Waals surface area (Å²) in [6, 6.07) is 19.7. The van der Waals surface area contributed by atoms with E-state index in [1.807, 2.05) is 48.5 Å². The van der Waals surface area contributed by atoms with Gasteiger partial charge < -0.3 is 10.1 Å². The molecule has 0 saturated carbocycles. The number of hydrazine groups is 1. The number of nitrogens with zero attached hydrogens (tertiary/aromatic N) is 2. The Morgan fingerprint density at radius 3 is 2.19 bits per heavy atom. The Morgan fingerprint density at radius 2 is 1.61 bits per heavy atom. The van der Waals surface area contributed by atoms with Crippen molar-refractivity contribution in [2.75, 3.05) is 33.7 Å². The molecule has 7 heteroatoms. The maximum Gasteiger partial charge on any atom is 0.424 e. The van der Waals surface area contributed by atoms with E-state index in [4.69, 9.17) is 4.74 Å². The Morgan fingerprint density at radius 1 is 1.00 bits per heavy atom. The first kappa shape index (κ1) is 24.9. The molecule has 6 nitrogen and oxygen atoms in total. The summed E-state index contributed by atoms with van der Waals surface area (Å²) < 4.78 is 5.38. The molecule has 2 aromatic rings. The zero-order valence-corrected chi connectivity index (χ0v) is 19.1. The van der Waals surface area contributed by atoms with E-state index in [9.17, 15) is 9.59 Å². The van der Waals surface area contributed by atoms with Crippen LogP contribution in [-0.2, 0) is 22.6 Å². The molecule has 1 atom stereocenters. The van der Waals surface area contributed by atoms with Crippen molar-refractivity contribution < 1.29 is 14.3 Å². The molecule has 168 valence electrons. The molecule has 1 aliphatic rings. The average molecular weight is 446 g/mol. The first-order valence-electron chi connectivity index (χ1n) is 10.4. The van der Waals surface area contributed by atoms with Gasteiger partial charge in [-0.05, 0) is 36.9 Å². The van der Waals surface area contributed by atoms with E-state index in [1.165, 1.54) is 5.01 Å². The number of halogens is 1. The van der Waals surface area contributed by atoms with Gasteiger partial charge in [0.2, 0.25) is 0 Å². The summed E-state index contributed by atoms with van der Waals surface area (Å²) in [6.07, 6.45) is 2.05. The summed E-state index contributed by atoms with van der Waals surface area (Å²) in [7, 11) is 3.37. The van der Waals surface area contributed by atoms with Crippen LogP contribution >= 0.6 is 12.4 Å². The molecule has 3 rings (SSSR count). The molecule has 0 radical (unpaired) electrons. The summed E-state index contributed by atoms with van der Waals surface area (Å²) in [6.45, 7) is 1.96. The minimum Gasteiger partial charge on any atom is -0.444 e. The topological polar surface area (TPSA) is 61.9 Å². The molecule has 0 unspecified atom stereocenters. The average Bonchev–Trinajstić information content (AvgIpc) is 2.78. The fourth-order valence-corrected chi connectivity index (χ4v) is 3.88. The monoisotopic (exact) mass is 445 g/mol. The van der Waals surface area contributed by atoms with E-state index in [2.05, 4.69) is 17.4 Å². The van der Waals surface area contributed by atoms with Crippen molar-refractivity contribution in [3.8, 4) is 0 Å². The molecular formula is C24H32ClN3O3. The Hall–Kier alpha value is -2.41. The summed E-state index contributed by atoms with van der Waals surface area (Å²) in [5.74, 6) is 0.142. The van der Waals surface area contributed by atoms with Crippen molar-refractivity contribution in [3.05, 3.63) is 71.8 Å². The van der Waals surface area contributed by atoms with Gasteiger partial charge in [0.05, 0.1) is 6.54 Å². The van der Waals surface area contributed by atoms with Crippen LogP contribution in [0.2, 0.25) is 0 Å². The highest BCUT2D eigenvalue weighted by atomic mass is 35.5. The van der Waals surface area contributed by atoms with Crippen molar-refractivity contribution in [2.24, 2.45) is 5.41 Å². The lowest BCUT2D eigenvalue weighted by atomic mass is 9.72. The number of Topliss-reactive ketones (excluding diaryl/α,β-unsaturated/α-hetero) is 1. The van der Waals surface area contributed by atoms with Gasteiger partial charge in [0, 0.05) is 26.1 Å². The molecule has 2 aromatic carbocycles. The number of piperidine rings is 1. The summed E-state index contributed by atoms with van der Waals surface area (Å²) in [5.41, 5.74) is 1.63. The Balaban J connectivity index is 0.00000341. The highest BCUT2D eigenvalue weighted by Crippen LogP contribution is 2.32. The van der Waals surface area contributed by atoms with Crippen LogP contribution in [0.15, 0.2) is 60.7 Å². The summed E-state index contributed by atoms with van der Waals surface area (Å²) >= 11 is 0. The molecular weight excluding hydrogens is 414 g/mol. The maximum atomic E-state index is 13.4. The Bertz CT molecular complexity index is 826. The highest BCUT2D eigenvalue weighted by Gasteiger charge is 2.40. The lowest BCUT2D eigenvalue weighted by Crippen LogP contribution is -2.52. The Kier molecular flexibility index (Phi) is 9.49. The second-order valence-corrected chi connectivity index (χ2v) is 8.03. The fourth-order valence-electron chi connectivity index (χ4n) is 3.88. The molecule has 0 aliphatic carbocycles. The number of amides is 1. The van der Waals surface area contributed by atoms with Crippen LogP contribution in [-0.4, -0.2) is 55.6 Å².